The van der Waals surface area contributed by atoms with Gasteiger partial charge < -0.3 is 20.8 Å². The van der Waals surface area contributed by atoms with Crippen molar-refractivity contribution < 1.29 is 58.2 Å². The third-order valence-electron chi connectivity index (χ3n) is 14.3. The van der Waals surface area contributed by atoms with Gasteiger partial charge in [0, 0.05) is 73.7 Å². The zero-order valence-electron chi connectivity index (χ0n) is 44.2. The smallest absolute Gasteiger partial charge is 0.328 e. The quantitative estimate of drug-likeness (QED) is 0.0617. The van der Waals surface area contributed by atoms with Crippen LogP contribution < -0.4 is 10.6 Å². The van der Waals surface area contributed by atoms with Crippen LogP contribution in [0.5, 0.6) is 0 Å². The topological polar surface area (TPSA) is 248 Å². The Morgan fingerprint density at radius 2 is 0.605 bits per heavy atom. The summed E-state index contributed by atoms with van der Waals surface area (Å²) in [5, 5.41) is 22.1. The molecule has 76 heavy (non-hydrogen) atoms. The van der Waals surface area contributed by atoms with Gasteiger partial charge in [-0.3, -0.25) is 58.0 Å². The number of benzene rings is 4. The normalized spacial score (nSPS) is 17.7. The zero-order chi connectivity index (χ0) is 55.9. The average molecular weight is 1040 g/mol. The summed E-state index contributed by atoms with van der Waals surface area (Å²) >= 11 is 0. The van der Waals surface area contributed by atoms with Crippen LogP contribution in [-0.2, 0) is 50.4 Å². The fraction of sp³-hybridized carbons (Fsp3) is 0.379. The first kappa shape index (κ1) is 57.3. The van der Waals surface area contributed by atoms with Crippen LogP contribution in [0.25, 0.3) is 0 Å². The predicted octanol–water partition coefficient (Wildman–Crippen LogP) is 5.48. The lowest BCUT2D eigenvalue weighted by Gasteiger charge is -2.37. The number of imide groups is 4. The molecule has 4 heterocycles. The molecule has 4 N–H and O–H groups in total. The molecule has 0 aliphatic carbocycles. The summed E-state index contributed by atoms with van der Waals surface area (Å²) in [4.78, 5) is 128. The summed E-state index contributed by atoms with van der Waals surface area (Å²) in [5.41, 5.74) is 2.30. The molecule has 4 aromatic carbocycles. The molecule has 18 heteroatoms. The molecule has 0 radical (unpaired) electrons. The SMILES string of the molecule is CC1(C)C(=O)N(CCCNCCN2C(=O)c3ccccc3C(C)(C)C2=O)C(=O)c2ccccc21.CC1(C)C(=O)N(CCCNCCN2C(=O)c3ccccc3C(C)(C)C2=O)C(=O)c2ccccc21.O=C(O)C=CC(=O)O. The molecule has 0 unspecified atom stereocenters. The average Bonchev–Trinajstić information content (AvgIpc) is 3.39. The van der Waals surface area contributed by atoms with Crippen molar-refractivity contribution in [1.82, 2.24) is 30.2 Å². The lowest BCUT2D eigenvalue weighted by Crippen LogP contribution is -2.53. The minimum absolute atomic E-state index is 0.193. The zero-order valence-corrected chi connectivity index (χ0v) is 44.2. The number of amides is 8. The molecule has 0 atom stereocenters. The van der Waals surface area contributed by atoms with Crippen molar-refractivity contribution in [2.24, 2.45) is 0 Å². The van der Waals surface area contributed by atoms with Gasteiger partial charge in [0.25, 0.3) is 23.6 Å². The van der Waals surface area contributed by atoms with E-state index in [2.05, 4.69) is 10.6 Å². The highest BCUT2D eigenvalue weighted by Crippen LogP contribution is 2.38. The Morgan fingerprint density at radius 3 is 0.842 bits per heavy atom. The van der Waals surface area contributed by atoms with Crippen molar-refractivity contribution in [3.05, 3.63) is 154 Å². The third-order valence-corrected chi connectivity index (χ3v) is 14.3. The summed E-state index contributed by atoms with van der Waals surface area (Å²) in [6.07, 6.45) is 2.27. The van der Waals surface area contributed by atoms with E-state index in [-0.39, 0.29) is 60.3 Å². The number of carboxylic acids is 2. The number of fused-ring (bicyclic) bond motifs is 4. The number of hydrogen-bond donors (Lipinski definition) is 4. The van der Waals surface area contributed by atoms with Crippen LogP contribution in [0.1, 0.15) is 132 Å². The van der Waals surface area contributed by atoms with Gasteiger partial charge in [-0.25, -0.2) is 9.59 Å². The molecule has 0 spiro atoms. The molecule has 8 amide bonds. The maximum Gasteiger partial charge on any atom is 0.328 e. The highest BCUT2D eigenvalue weighted by atomic mass is 16.4. The van der Waals surface area contributed by atoms with Gasteiger partial charge in [-0.15, -0.1) is 0 Å². The number of rotatable bonds is 16. The molecule has 4 aliphatic heterocycles. The largest absolute Gasteiger partial charge is 0.478 e. The Bertz CT molecular complexity index is 2630. The number of carbonyl (C=O) groups excluding carboxylic acids is 8. The first-order valence-corrected chi connectivity index (χ1v) is 25.2. The van der Waals surface area contributed by atoms with E-state index in [1.165, 1.54) is 19.6 Å². The first-order chi connectivity index (χ1) is 35.8. The van der Waals surface area contributed by atoms with Crippen molar-refractivity contribution in [2.75, 3.05) is 52.4 Å². The Kier molecular flexibility index (Phi) is 17.6. The molecule has 18 nitrogen and oxygen atoms in total. The number of nitrogens with zero attached hydrogens (tertiary/aromatic N) is 4. The molecular formula is C58H66N6O12. The van der Waals surface area contributed by atoms with Crippen LogP contribution in [-0.4, -0.2) is 141 Å². The Labute approximate surface area is 442 Å². The van der Waals surface area contributed by atoms with Gasteiger partial charge in [-0.05, 0) is 128 Å². The number of carbonyl (C=O) groups is 10. The van der Waals surface area contributed by atoms with Gasteiger partial charge >= 0.3 is 11.9 Å². The van der Waals surface area contributed by atoms with Crippen molar-refractivity contribution in [2.45, 2.75) is 89.9 Å². The number of hydrogen-bond acceptors (Lipinski definition) is 12. The van der Waals surface area contributed by atoms with Gasteiger partial charge in [0.15, 0.2) is 0 Å². The summed E-state index contributed by atoms with van der Waals surface area (Å²) < 4.78 is 0. The molecule has 4 aliphatic rings. The van der Waals surface area contributed by atoms with E-state index in [9.17, 15) is 47.9 Å². The van der Waals surface area contributed by atoms with Gasteiger partial charge in [0.05, 0.1) is 21.7 Å². The molecular weight excluding hydrogens is 973 g/mol. The highest BCUT2D eigenvalue weighted by molar-refractivity contribution is 6.15. The van der Waals surface area contributed by atoms with Gasteiger partial charge in [0.1, 0.15) is 0 Å². The maximum atomic E-state index is 13.0. The van der Waals surface area contributed by atoms with Crippen LogP contribution in [0.2, 0.25) is 0 Å². The second-order valence-corrected chi connectivity index (χ2v) is 20.9. The number of nitrogens with one attached hydrogen (secondary N) is 2. The van der Waals surface area contributed by atoms with Crippen LogP contribution >= 0.6 is 0 Å². The van der Waals surface area contributed by atoms with Gasteiger partial charge in [-0.1, -0.05) is 72.8 Å². The Hall–Kier alpha value is -7.96. The predicted molar refractivity (Wildman–Crippen MR) is 281 cm³/mol. The Balaban J connectivity index is 0.000000216. The summed E-state index contributed by atoms with van der Waals surface area (Å²) in [7, 11) is 0. The lowest BCUT2D eigenvalue weighted by molar-refractivity contribution is -0.135. The molecule has 400 valence electrons. The molecule has 0 saturated heterocycles. The maximum absolute atomic E-state index is 13.0. The molecule has 4 aromatic rings. The van der Waals surface area contributed by atoms with E-state index in [0.717, 1.165) is 22.3 Å². The minimum atomic E-state index is -1.26. The first-order valence-electron chi connectivity index (χ1n) is 25.2. The Morgan fingerprint density at radius 1 is 0.382 bits per heavy atom. The van der Waals surface area contributed by atoms with E-state index in [0.29, 0.717) is 86.5 Å². The highest BCUT2D eigenvalue weighted by Gasteiger charge is 2.47. The van der Waals surface area contributed by atoms with Crippen molar-refractivity contribution in [3.8, 4) is 0 Å². The summed E-state index contributed by atoms with van der Waals surface area (Å²) in [5.74, 6) is -4.37. The summed E-state index contributed by atoms with van der Waals surface area (Å²) in [6, 6.07) is 29.0. The minimum Gasteiger partial charge on any atom is -0.478 e. The molecule has 0 bridgehead atoms. The fourth-order valence-corrected chi connectivity index (χ4v) is 9.93. The molecule has 0 saturated carbocycles. The third kappa shape index (κ3) is 11.6. The van der Waals surface area contributed by atoms with Crippen LogP contribution in [0.3, 0.4) is 0 Å². The lowest BCUT2D eigenvalue weighted by atomic mass is 9.77. The molecule has 8 rings (SSSR count). The van der Waals surface area contributed by atoms with Crippen molar-refractivity contribution in [3.63, 3.8) is 0 Å². The van der Waals surface area contributed by atoms with Crippen molar-refractivity contribution in [1.29, 1.82) is 0 Å². The van der Waals surface area contributed by atoms with E-state index in [1.807, 2.05) is 128 Å². The van der Waals surface area contributed by atoms with E-state index in [1.54, 1.807) is 24.3 Å². The standard InChI is InChI=1S/2C27H31N3O4.C4H4O4/c2*1-26(2)20-12-7-5-10-18(20)22(31)29(24(26)33)16-9-14-28-15-17-30-23(32)19-11-6-8-13-21(19)27(3,4)25(30)34;5-3(6)1-2-4(7)8/h2*5-8,10-13,28H,9,14-17H2,1-4H3;1-2H,(H,5,6)(H,7,8). The summed E-state index contributed by atoms with van der Waals surface area (Å²) in [6.45, 7) is 17.9. The molecule has 0 aromatic heterocycles. The second-order valence-electron chi connectivity index (χ2n) is 20.9. The van der Waals surface area contributed by atoms with Crippen LogP contribution in [0.4, 0.5) is 0 Å². The van der Waals surface area contributed by atoms with E-state index < -0.39 is 33.6 Å². The van der Waals surface area contributed by atoms with E-state index in [4.69, 9.17) is 10.2 Å². The van der Waals surface area contributed by atoms with Gasteiger partial charge in [-0.2, -0.15) is 0 Å². The van der Waals surface area contributed by atoms with Crippen molar-refractivity contribution >= 4 is 59.2 Å². The van der Waals surface area contributed by atoms with E-state index >= 15 is 0 Å². The number of aliphatic carboxylic acids is 2. The molecule has 0 fully saturated rings. The fourth-order valence-electron chi connectivity index (χ4n) is 9.93. The van der Waals surface area contributed by atoms with Crippen LogP contribution in [0, 0.1) is 0 Å². The van der Waals surface area contributed by atoms with Crippen LogP contribution in [0.15, 0.2) is 109 Å². The second kappa shape index (κ2) is 23.3. The monoisotopic (exact) mass is 1040 g/mol. The van der Waals surface area contributed by atoms with Gasteiger partial charge in [0.2, 0.25) is 23.6 Å². The number of carboxylic acid groups (broad SMARTS) is 2.